The highest BCUT2D eigenvalue weighted by molar-refractivity contribution is 5.96. The van der Waals surface area contributed by atoms with Crippen molar-refractivity contribution in [3.63, 3.8) is 0 Å². The van der Waals surface area contributed by atoms with E-state index in [9.17, 15) is 4.79 Å². The number of nitrogens with two attached hydrogens (primary N) is 1. The maximum Gasteiger partial charge on any atom is 0.236 e. The molecule has 0 unspecified atom stereocenters. The van der Waals surface area contributed by atoms with Crippen LogP contribution >= 0.6 is 0 Å². The molecule has 5 heteroatoms. The lowest BCUT2D eigenvalue weighted by molar-refractivity contribution is -0.129. The molecule has 0 aliphatic carbocycles. The van der Waals surface area contributed by atoms with Gasteiger partial charge >= 0.3 is 0 Å². The van der Waals surface area contributed by atoms with Gasteiger partial charge in [0.15, 0.2) is 0 Å². The van der Waals surface area contributed by atoms with E-state index in [-0.39, 0.29) is 12.5 Å². The summed E-state index contributed by atoms with van der Waals surface area (Å²) < 4.78 is 0. The van der Waals surface area contributed by atoms with Crippen molar-refractivity contribution in [2.24, 2.45) is 5.73 Å². The van der Waals surface area contributed by atoms with Crippen LogP contribution in [0.25, 0.3) is 10.8 Å². The Balaban J connectivity index is 1.88. The molecule has 2 N–H and O–H groups in total. The number of piperazine rings is 1. The number of benzene rings is 1. The Bertz CT molecular complexity index is 657. The zero-order chi connectivity index (χ0) is 14.8. The van der Waals surface area contributed by atoms with Crippen LogP contribution in [-0.4, -0.2) is 48.5 Å². The van der Waals surface area contributed by atoms with Crippen LogP contribution in [0.15, 0.2) is 30.6 Å². The molecule has 0 bridgehead atoms. The second kappa shape index (κ2) is 5.69. The molecular formula is C16H20N4O. The minimum absolute atomic E-state index is 0.0351. The summed E-state index contributed by atoms with van der Waals surface area (Å²) in [6.45, 7) is 5.33. The van der Waals surface area contributed by atoms with E-state index in [0.29, 0.717) is 0 Å². The highest BCUT2D eigenvalue weighted by Gasteiger charge is 2.21. The van der Waals surface area contributed by atoms with Gasteiger partial charge in [-0.1, -0.05) is 12.1 Å². The first-order valence-corrected chi connectivity index (χ1v) is 7.27. The summed E-state index contributed by atoms with van der Waals surface area (Å²) in [7, 11) is 0. The summed E-state index contributed by atoms with van der Waals surface area (Å²) >= 11 is 0. The average Bonchev–Trinajstić information content (AvgIpc) is 2.54. The van der Waals surface area contributed by atoms with E-state index >= 15 is 0 Å². The number of hydrogen-bond acceptors (Lipinski definition) is 4. The number of anilines is 1. The third-order valence-electron chi connectivity index (χ3n) is 4.10. The zero-order valence-corrected chi connectivity index (χ0v) is 12.2. The molecule has 0 radical (unpaired) electrons. The van der Waals surface area contributed by atoms with Crippen LogP contribution in [0, 0.1) is 6.92 Å². The molecule has 0 spiro atoms. The van der Waals surface area contributed by atoms with E-state index in [0.717, 1.165) is 31.6 Å². The molecule has 1 saturated heterocycles. The highest BCUT2D eigenvalue weighted by atomic mass is 16.2. The molecule has 0 atom stereocenters. The fraction of sp³-hybridized carbons (Fsp3) is 0.375. The second-order valence-corrected chi connectivity index (χ2v) is 5.40. The van der Waals surface area contributed by atoms with Gasteiger partial charge in [-0.05, 0) is 18.6 Å². The molecule has 2 aromatic rings. The van der Waals surface area contributed by atoms with Crippen LogP contribution in [-0.2, 0) is 4.79 Å². The predicted molar refractivity (Wildman–Crippen MR) is 84.3 cm³/mol. The molecular weight excluding hydrogens is 264 g/mol. The van der Waals surface area contributed by atoms with E-state index in [1.807, 2.05) is 17.3 Å². The summed E-state index contributed by atoms with van der Waals surface area (Å²) in [6.07, 6.45) is 3.81. The third kappa shape index (κ3) is 2.56. The lowest BCUT2D eigenvalue weighted by Gasteiger charge is -2.36. The quantitative estimate of drug-likeness (QED) is 0.898. The fourth-order valence-corrected chi connectivity index (χ4v) is 2.98. The lowest BCUT2D eigenvalue weighted by atomic mass is 10.1. The molecule has 110 valence electrons. The largest absolute Gasteiger partial charge is 0.367 e. The summed E-state index contributed by atoms with van der Waals surface area (Å²) in [5.74, 6) is 0.0351. The van der Waals surface area contributed by atoms with E-state index in [4.69, 9.17) is 5.73 Å². The molecule has 1 aliphatic rings. The van der Waals surface area contributed by atoms with Gasteiger partial charge in [-0.25, -0.2) is 0 Å². The summed E-state index contributed by atoms with van der Waals surface area (Å²) in [6, 6.07) is 6.30. The van der Waals surface area contributed by atoms with Crippen molar-refractivity contribution in [2.45, 2.75) is 6.92 Å². The van der Waals surface area contributed by atoms with Crippen LogP contribution < -0.4 is 10.6 Å². The Labute approximate surface area is 124 Å². The van der Waals surface area contributed by atoms with Gasteiger partial charge in [0.1, 0.15) is 0 Å². The Kier molecular flexibility index (Phi) is 3.75. The van der Waals surface area contributed by atoms with Gasteiger partial charge in [-0.15, -0.1) is 0 Å². The summed E-state index contributed by atoms with van der Waals surface area (Å²) in [4.78, 5) is 20.1. The predicted octanol–water partition coefficient (Wildman–Crippen LogP) is 1.15. The monoisotopic (exact) mass is 284 g/mol. The van der Waals surface area contributed by atoms with Crippen molar-refractivity contribution >= 4 is 22.4 Å². The number of nitrogens with zero attached hydrogens (tertiary/aromatic N) is 3. The van der Waals surface area contributed by atoms with Gasteiger partial charge in [0.05, 0.1) is 6.54 Å². The van der Waals surface area contributed by atoms with Crippen molar-refractivity contribution in [2.75, 3.05) is 37.6 Å². The molecule has 1 aromatic carbocycles. The van der Waals surface area contributed by atoms with Gasteiger partial charge < -0.3 is 15.5 Å². The third-order valence-corrected chi connectivity index (χ3v) is 4.10. The molecule has 3 rings (SSSR count). The van der Waals surface area contributed by atoms with E-state index in [1.54, 1.807) is 0 Å². The number of aryl methyl sites for hydroxylation is 1. The number of carbonyl (C=O) groups excluding carboxylic acids is 1. The van der Waals surface area contributed by atoms with E-state index in [2.05, 4.69) is 35.0 Å². The minimum Gasteiger partial charge on any atom is -0.367 e. The normalized spacial score (nSPS) is 15.5. The Morgan fingerprint density at radius 3 is 2.71 bits per heavy atom. The first-order chi connectivity index (χ1) is 10.2. The zero-order valence-electron chi connectivity index (χ0n) is 12.2. The molecule has 1 aliphatic heterocycles. The molecule has 21 heavy (non-hydrogen) atoms. The van der Waals surface area contributed by atoms with Crippen LogP contribution in [0.3, 0.4) is 0 Å². The topological polar surface area (TPSA) is 62.5 Å². The maximum absolute atomic E-state index is 11.7. The number of carbonyl (C=O) groups is 1. The highest BCUT2D eigenvalue weighted by Crippen LogP contribution is 2.29. The molecule has 0 saturated carbocycles. The SMILES string of the molecule is Cc1cncc2cccc(N3CCN(C(=O)CN)CC3)c12. The molecule has 5 nitrogen and oxygen atoms in total. The van der Waals surface area contributed by atoms with Gasteiger partial charge in [-0.3, -0.25) is 9.78 Å². The molecule has 1 fully saturated rings. The van der Waals surface area contributed by atoms with Crippen LogP contribution in [0.5, 0.6) is 0 Å². The number of amides is 1. The minimum atomic E-state index is 0.0351. The Hall–Kier alpha value is -2.14. The van der Waals surface area contributed by atoms with Crippen LogP contribution in [0.4, 0.5) is 5.69 Å². The van der Waals surface area contributed by atoms with Crippen molar-refractivity contribution in [1.29, 1.82) is 0 Å². The van der Waals surface area contributed by atoms with Gasteiger partial charge in [0.2, 0.25) is 5.91 Å². The Morgan fingerprint density at radius 2 is 2.00 bits per heavy atom. The van der Waals surface area contributed by atoms with Crippen molar-refractivity contribution < 1.29 is 4.79 Å². The van der Waals surface area contributed by atoms with Crippen molar-refractivity contribution in [1.82, 2.24) is 9.88 Å². The van der Waals surface area contributed by atoms with Crippen molar-refractivity contribution in [3.05, 3.63) is 36.2 Å². The number of hydrogen-bond donors (Lipinski definition) is 1. The second-order valence-electron chi connectivity index (χ2n) is 5.40. The summed E-state index contributed by atoms with van der Waals surface area (Å²) in [5.41, 5.74) is 7.84. The molecule has 1 aromatic heterocycles. The maximum atomic E-state index is 11.7. The van der Waals surface area contributed by atoms with Gasteiger partial charge in [0.25, 0.3) is 0 Å². The molecule has 1 amide bonds. The first kappa shape index (κ1) is 13.8. The van der Waals surface area contributed by atoms with Gasteiger partial charge in [0, 0.05) is 55.0 Å². The summed E-state index contributed by atoms with van der Waals surface area (Å²) in [5, 5.41) is 2.42. The molecule has 2 heterocycles. The van der Waals surface area contributed by atoms with E-state index < -0.39 is 0 Å². The fourth-order valence-electron chi connectivity index (χ4n) is 2.98. The van der Waals surface area contributed by atoms with Crippen LogP contribution in [0.2, 0.25) is 0 Å². The number of pyridine rings is 1. The number of rotatable bonds is 2. The number of aromatic nitrogens is 1. The average molecular weight is 284 g/mol. The van der Waals surface area contributed by atoms with Crippen LogP contribution in [0.1, 0.15) is 5.56 Å². The van der Waals surface area contributed by atoms with Crippen molar-refractivity contribution in [3.8, 4) is 0 Å². The smallest absolute Gasteiger partial charge is 0.236 e. The van der Waals surface area contributed by atoms with Gasteiger partial charge in [-0.2, -0.15) is 0 Å². The lowest BCUT2D eigenvalue weighted by Crippen LogP contribution is -2.50. The number of fused-ring (bicyclic) bond motifs is 1. The first-order valence-electron chi connectivity index (χ1n) is 7.27. The Morgan fingerprint density at radius 1 is 1.24 bits per heavy atom. The standard InChI is InChI=1S/C16H20N4O/c1-12-10-18-11-13-3-2-4-14(16(12)13)19-5-7-20(8-6-19)15(21)9-17/h2-4,10-11H,5-9,17H2,1H3. The van der Waals surface area contributed by atoms with E-state index in [1.165, 1.54) is 16.6 Å².